The molecule has 0 aliphatic carbocycles. The van der Waals surface area contributed by atoms with Gasteiger partial charge in [0.2, 0.25) is 5.91 Å². The molecule has 0 radical (unpaired) electrons. The predicted molar refractivity (Wildman–Crippen MR) is 70.4 cm³/mol. The first-order valence-electron chi connectivity index (χ1n) is 6.87. The third-order valence-corrected chi connectivity index (χ3v) is 2.99. The van der Waals surface area contributed by atoms with E-state index in [0.29, 0.717) is 19.7 Å². The number of piperidine rings is 1. The van der Waals surface area contributed by atoms with Gasteiger partial charge in [0.15, 0.2) is 0 Å². The van der Waals surface area contributed by atoms with Crippen LogP contribution in [0.4, 0.5) is 0 Å². The number of nitrogens with zero attached hydrogens (tertiary/aromatic N) is 1. The fourth-order valence-electron chi connectivity index (χ4n) is 1.96. The van der Waals surface area contributed by atoms with Crippen LogP contribution < -0.4 is 5.32 Å². The fourth-order valence-corrected chi connectivity index (χ4v) is 1.96. The number of aliphatic hydroxyl groups excluding tert-OH is 1. The van der Waals surface area contributed by atoms with Gasteiger partial charge >= 0.3 is 0 Å². The summed E-state index contributed by atoms with van der Waals surface area (Å²) in [6, 6.07) is 0. The first-order valence-corrected chi connectivity index (χ1v) is 6.87. The highest BCUT2D eigenvalue weighted by atomic mass is 16.5. The summed E-state index contributed by atoms with van der Waals surface area (Å²) in [5.41, 5.74) is 0. The SMILES string of the molecule is CC(C)OCC(O)CNCC(=O)N1CCCCC1. The second-order valence-corrected chi connectivity index (χ2v) is 5.11. The number of amides is 1. The first-order chi connectivity index (χ1) is 8.59. The third-order valence-electron chi connectivity index (χ3n) is 2.99. The van der Waals surface area contributed by atoms with Gasteiger partial charge in [0.1, 0.15) is 0 Å². The molecule has 1 unspecified atom stereocenters. The number of carbonyl (C=O) groups is 1. The topological polar surface area (TPSA) is 61.8 Å². The Hall–Kier alpha value is -0.650. The van der Waals surface area contributed by atoms with Crippen LogP contribution in [0.1, 0.15) is 33.1 Å². The van der Waals surface area contributed by atoms with Crippen LogP contribution in [0.25, 0.3) is 0 Å². The number of aliphatic hydroxyl groups is 1. The molecule has 1 atom stereocenters. The van der Waals surface area contributed by atoms with Crippen molar-refractivity contribution in [3.05, 3.63) is 0 Å². The van der Waals surface area contributed by atoms with Crippen LogP contribution in [-0.2, 0) is 9.53 Å². The molecule has 18 heavy (non-hydrogen) atoms. The summed E-state index contributed by atoms with van der Waals surface area (Å²) < 4.78 is 5.29. The lowest BCUT2D eigenvalue weighted by molar-refractivity contribution is -0.131. The van der Waals surface area contributed by atoms with E-state index in [1.165, 1.54) is 6.42 Å². The number of carbonyl (C=O) groups excluding carboxylic acids is 1. The standard InChI is InChI=1S/C13H26N2O3/c1-11(2)18-10-12(16)8-14-9-13(17)15-6-4-3-5-7-15/h11-12,14,16H,3-10H2,1-2H3. The molecular weight excluding hydrogens is 232 g/mol. The number of rotatable bonds is 7. The van der Waals surface area contributed by atoms with E-state index in [0.717, 1.165) is 25.9 Å². The average Bonchev–Trinajstić information content (AvgIpc) is 2.37. The molecule has 1 saturated heterocycles. The summed E-state index contributed by atoms with van der Waals surface area (Å²) in [6.07, 6.45) is 3.01. The van der Waals surface area contributed by atoms with Crippen molar-refractivity contribution >= 4 is 5.91 Å². The van der Waals surface area contributed by atoms with Gasteiger partial charge < -0.3 is 20.1 Å². The van der Waals surface area contributed by atoms with Gasteiger partial charge in [-0.25, -0.2) is 0 Å². The maximum Gasteiger partial charge on any atom is 0.236 e. The van der Waals surface area contributed by atoms with Crippen LogP contribution in [-0.4, -0.2) is 60.9 Å². The molecule has 1 aliphatic heterocycles. The Morgan fingerprint density at radius 1 is 1.33 bits per heavy atom. The zero-order valence-corrected chi connectivity index (χ0v) is 11.5. The van der Waals surface area contributed by atoms with Gasteiger partial charge in [-0.05, 0) is 33.1 Å². The lowest BCUT2D eigenvalue weighted by Crippen LogP contribution is -2.43. The molecule has 1 rings (SSSR count). The van der Waals surface area contributed by atoms with Crippen LogP contribution in [0.15, 0.2) is 0 Å². The molecule has 1 aliphatic rings. The number of hydrogen-bond donors (Lipinski definition) is 2. The van der Waals surface area contributed by atoms with E-state index in [-0.39, 0.29) is 12.0 Å². The molecule has 0 spiro atoms. The Labute approximate surface area is 109 Å². The van der Waals surface area contributed by atoms with Crippen molar-refractivity contribution in [2.75, 3.05) is 32.8 Å². The Kier molecular flexibility index (Phi) is 7.23. The Morgan fingerprint density at radius 2 is 2.00 bits per heavy atom. The summed E-state index contributed by atoms with van der Waals surface area (Å²) >= 11 is 0. The number of nitrogens with one attached hydrogen (secondary N) is 1. The molecule has 1 fully saturated rings. The minimum absolute atomic E-state index is 0.120. The molecule has 5 nitrogen and oxygen atoms in total. The van der Waals surface area contributed by atoms with Crippen molar-refractivity contribution in [1.82, 2.24) is 10.2 Å². The van der Waals surface area contributed by atoms with Gasteiger partial charge in [-0.1, -0.05) is 0 Å². The van der Waals surface area contributed by atoms with Gasteiger partial charge in [-0.3, -0.25) is 4.79 Å². The van der Waals surface area contributed by atoms with Crippen LogP contribution in [0, 0.1) is 0 Å². The molecule has 1 amide bonds. The van der Waals surface area contributed by atoms with Crippen LogP contribution >= 0.6 is 0 Å². The summed E-state index contributed by atoms with van der Waals surface area (Å²) in [5, 5.41) is 12.6. The molecule has 0 aromatic rings. The number of likely N-dealkylation sites (tertiary alicyclic amines) is 1. The lowest BCUT2D eigenvalue weighted by Gasteiger charge is -2.27. The number of hydrogen-bond acceptors (Lipinski definition) is 4. The van der Waals surface area contributed by atoms with Crippen molar-refractivity contribution in [1.29, 1.82) is 0 Å². The van der Waals surface area contributed by atoms with Gasteiger partial charge in [-0.2, -0.15) is 0 Å². The number of ether oxygens (including phenoxy) is 1. The normalized spacial score (nSPS) is 18.1. The van der Waals surface area contributed by atoms with Crippen LogP contribution in [0.3, 0.4) is 0 Å². The largest absolute Gasteiger partial charge is 0.389 e. The monoisotopic (exact) mass is 258 g/mol. The van der Waals surface area contributed by atoms with Gasteiger partial charge in [-0.15, -0.1) is 0 Å². The second kappa shape index (κ2) is 8.45. The van der Waals surface area contributed by atoms with Crippen LogP contribution in [0.2, 0.25) is 0 Å². The van der Waals surface area contributed by atoms with Crippen molar-refractivity contribution < 1.29 is 14.6 Å². The van der Waals surface area contributed by atoms with E-state index in [1.54, 1.807) is 0 Å². The predicted octanol–water partition coefficient (Wildman–Crippen LogP) is 0.374. The maximum atomic E-state index is 11.8. The Morgan fingerprint density at radius 3 is 2.61 bits per heavy atom. The summed E-state index contributed by atoms with van der Waals surface area (Å²) in [4.78, 5) is 13.7. The smallest absolute Gasteiger partial charge is 0.236 e. The molecular formula is C13H26N2O3. The van der Waals surface area contributed by atoms with Gasteiger partial charge in [0, 0.05) is 19.6 Å². The summed E-state index contributed by atoms with van der Waals surface area (Å²) in [5.74, 6) is 0.131. The third kappa shape index (κ3) is 6.33. The van der Waals surface area contributed by atoms with E-state index in [9.17, 15) is 9.90 Å². The maximum absolute atomic E-state index is 11.8. The lowest BCUT2D eigenvalue weighted by atomic mass is 10.1. The Bertz CT molecular complexity index is 240. The molecule has 0 bridgehead atoms. The van der Waals surface area contributed by atoms with E-state index in [4.69, 9.17) is 4.74 Å². The average molecular weight is 258 g/mol. The van der Waals surface area contributed by atoms with E-state index >= 15 is 0 Å². The van der Waals surface area contributed by atoms with Crippen molar-refractivity contribution in [2.24, 2.45) is 0 Å². The molecule has 0 saturated carbocycles. The van der Waals surface area contributed by atoms with Crippen molar-refractivity contribution in [3.63, 3.8) is 0 Å². The second-order valence-electron chi connectivity index (χ2n) is 5.11. The highest BCUT2D eigenvalue weighted by Gasteiger charge is 2.16. The van der Waals surface area contributed by atoms with Crippen molar-refractivity contribution in [2.45, 2.75) is 45.3 Å². The quantitative estimate of drug-likeness (QED) is 0.693. The van der Waals surface area contributed by atoms with Crippen LogP contribution in [0.5, 0.6) is 0 Å². The zero-order chi connectivity index (χ0) is 13.4. The highest BCUT2D eigenvalue weighted by Crippen LogP contribution is 2.08. The first kappa shape index (κ1) is 15.4. The molecule has 1 heterocycles. The van der Waals surface area contributed by atoms with E-state index in [1.807, 2.05) is 18.7 Å². The molecule has 0 aromatic heterocycles. The minimum atomic E-state index is -0.554. The van der Waals surface area contributed by atoms with E-state index in [2.05, 4.69) is 5.32 Å². The molecule has 5 heteroatoms. The summed E-state index contributed by atoms with van der Waals surface area (Å²) in [7, 11) is 0. The molecule has 2 N–H and O–H groups in total. The fraction of sp³-hybridized carbons (Fsp3) is 0.923. The Balaban J connectivity index is 2.07. The summed E-state index contributed by atoms with van der Waals surface area (Å²) in [6.45, 7) is 6.62. The highest BCUT2D eigenvalue weighted by molar-refractivity contribution is 5.78. The molecule has 106 valence electrons. The van der Waals surface area contributed by atoms with E-state index < -0.39 is 6.10 Å². The van der Waals surface area contributed by atoms with Crippen molar-refractivity contribution in [3.8, 4) is 0 Å². The van der Waals surface area contributed by atoms with Gasteiger partial charge in [0.05, 0.1) is 25.4 Å². The van der Waals surface area contributed by atoms with Gasteiger partial charge in [0.25, 0.3) is 0 Å². The zero-order valence-electron chi connectivity index (χ0n) is 11.5. The minimum Gasteiger partial charge on any atom is -0.389 e. The molecule has 0 aromatic carbocycles.